The van der Waals surface area contributed by atoms with Crippen molar-refractivity contribution < 1.29 is 0 Å². The van der Waals surface area contributed by atoms with E-state index in [2.05, 4.69) is 59.2 Å². The number of rotatable bonds is 4. The molecule has 0 heterocycles. The van der Waals surface area contributed by atoms with E-state index in [1.165, 1.54) is 36.8 Å². The second-order valence-corrected chi connectivity index (χ2v) is 6.26. The number of thiocarbonyl (C=S) groups is 1. The lowest BCUT2D eigenvalue weighted by atomic mass is 9.99. The van der Waals surface area contributed by atoms with Crippen LogP contribution in [0, 0.1) is 0 Å². The van der Waals surface area contributed by atoms with Gasteiger partial charge in [0.05, 0.1) is 6.04 Å². The normalized spacial score (nSPS) is 15.0. The van der Waals surface area contributed by atoms with Gasteiger partial charge in [-0.25, -0.2) is 0 Å². The maximum Gasteiger partial charge on any atom is 0.167 e. The Balaban J connectivity index is 1.75. The molecule has 2 N–H and O–H groups in total. The SMILES string of the molecule is S=C(NC1CCCC1)NC(c1ccccc1)c1ccccc1. The number of benzene rings is 2. The molecule has 0 atom stereocenters. The molecule has 0 amide bonds. The highest BCUT2D eigenvalue weighted by Gasteiger charge is 2.18. The third-order valence-corrected chi connectivity index (χ3v) is 4.47. The zero-order valence-corrected chi connectivity index (χ0v) is 13.5. The minimum absolute atomic E-state index is 0.0869. The Kier molecular flexibility index (Phi) is 5.07. The first kappa shape index (κ1) is 15.0. The van der Waals surface area contributed by atoms with E-state index in [-0.39, 0.29) is 6.04 Å². The molecule has 2 aromatic carbocycles. The van der Waals surface area contributed by atoms with Crippen LogP contribution in [-0.4, -0.2) is 11.2 Å². The van der Waals surface area contributed by atoms with Crippen LogP contribution in [0.4, 0.5) is 0 Å². The zero-order chi connectivity index (χ0) is 15.2. The maximum absolute atomic E-state index is 5.54. The van der Waals surface area contributed by atoms with E-state index in [9.17, 15) is 0 Å². The molecule has 3 heteroatoms. The lowest BCUT2D eigenvalue weighted by Gasteiger charge is -2.23. The van der Waals surface area contributed by atoms with E-state index in [4.69, 9.17) is 12.2 Å². The average Bonchev–Trinajstić information content (AvgIpc) is 3.07. The smallest absolute Gasteiger partial charge is 0.167 e. The second kappa shape index (κ2) is 7.41. The Morgan fingerprint density at radius 2 is 1.36 bits per heavy atom. The van der Waals surface area contributed by atoms with Crippen LogP contribution in [0.2, 0.25) is 0 Å². The van der Waals surface area contributed by atoms with Gasteiger partial charge in [-0.1, -0.05) is 73.5 Å². The van der Waals surface area contributed by atoms with Gasteiger partial charge in [0, 0.05) is 6.04 Å². The van der Waals surface area contributed by atoms with Crippen molar-refractivity contribution in [3.05, 3.63) is 71.8 Å². The molecule has 1 fully saturated rings. The van der Waals surface area contributed by atoms with Crippen molar-refractivity contribution in [1.29, 1.82) is 0 Å². The van der Waals surface area contributed by atoms with Crippen LogP contribution < -0.4 is 10.6 Å². The van der Waals surface area contributed by atoms with Gasteiger partial charge in [0.25, 0.3) is 0 Å². The fraction of sp³-hybridized carbons (Fsp3) is 0.316. The molecule has 1 aliphatic rings. The molecular weight excluding hydrogens is 288 g/mol. The summed E-state index contributed by atoms with van der Waals surface area (Å²) in [5.74, 6) is 0. The Bertz CT molecular complexity index is 552. The van der Waals surface area contributed by atoms with Gasteiger partial charge in [0.15, 0.2) is 5.11 Å². The quantitative estimate of drug-likeness (QED) is 0.828. The van der Waals surface area contributed by atoms with Gasteiger partial charge in [-0.3, -0.25) is 0 Å². The molecule has 0 bridgehead atoms. The van der Waals surface area contributed by atoms with Crippen molar-refractivity contribution in [3.8, 4) is 0 Å². The summed E-state index contributed by atoms with van der Waals surface area (Å²) in [6.07, 6.45) is 5.06. The van der Waals surface area contributed by atoms with Crippen molar-refractivity contribution in [2.24, 2.45) is 0 Å². The van der Waals surface area contributed by atoms with Crippen LogP contribution in [0.25, 0.3) is 0 Å². The fourth-order valence-corrected chi connectivity index (χ4v) is 3.36. The summed E-state index contributed by atoms with van der Waals surface area (Å²) in [6.45, 7) is 0. The lowest BCUT2D eigenvalue weighted by Crippen LogP contribution is -2.42. The summed E-state index contributed by atoms with van der Waals surface area (Å²) < 4.78 is 0. The Hall–Kier alpha value is -1.87. The van der Waals surface area contributed by atoms with E-state index in [0.717, 1.165) is 5.11 Å². The van der Waals surface area contributed by atoms with Crippen LogP contribution in [0.1, 0.15) is 42.9 Å². The first-order chi connectivity index (χ1) is 10.8. The molecule has 1 saturated carbocycles. The van der Waals surface area contributed by atoms with Gasteiger partial charge < -0.3 is 10.6 Å². The maximum atomic E-state index is 5.54. The highest BCUT2D eigenvalue weighted by atomic mass is 32.1. The molecule has 2 aromatic rings. The molecule has 3 rings (SSSR count). The van der Waals surface area contributed by atoms with Gasteiger partial charge in [-0.15, -0.1) is 0 Å². The molecule has 1 aliphatic carbocycles. The van der Waals surface area contributed by atoms with Crippen molar-refractivity contribution in [3.63, 3.8) is 0 Å². The van der Waals surface area contributed by atoms with E-state index in [0.29, 0.717) is 6.04 Å². The summed E-state index contributed by atoms with van der Waals surface area (Å²) >= 11 is 5.54. The number of nitrogens with one attached hydrogen (secondary N) is 2. The van der Waals surface area contributed by atoms with Crippen molar-refractivity contribution in [1.82, 2.24) is 10.6 Å². The topological polar surface area (TPSA) is 24.1 Å². The largest absolute Gasteiger partial charge is 0.360 e. The molecule has 0 aliphatic heterocycles. The summed E-state index contributed by atoms with van der Waals surface area (Å²) in [5.41, 5.74) is 2.45. The van der Waals surface area contributed by atoms with Crippen LogP contribution in [0.3, 0.4) is 0 Å². The van der Waals surface area contributed by atoms with Gasteiger partial charge in [0.1, 0.15) is 0 Å². The summed E-state index contributed by atoms with van der Waals surface area (Å²) in [7, 11) is 0. The highest BCUT2D eigenvalue weighted by molar-refractivity contribution is 7.80. The monoisotopic (exact) mass is 310 g/mol. The summed E-state index contributed by atoms with van der Waals surface area (Å²) in [4.78, 5) is 0. The lowest BCUT2D eigenvalue weighted by molar-refractivity contribution is 0.612. The summed E-state index contributed by atoms with van der Waals surface area (Å²) in [6, 6.07) is 21.6. The minimum atomic E-state index is 0.0869. The predicted octanol–water partition coefficient (Wildman–Crippen LogP) is 4.18. The first-order valence-corrected chi connectivity index (χ1v) is 8.40. The zero-order valence-electron chi connectivity index (χ0n) is 12.7. The van der Waals surface area contributed by atoms with Crippen LogP contribution in [0.5, 0.6) is 0 Å². The molecule has 0 saturated heterocycles. The van der Waals surface area contributed by atoms with E-state index in [1.807, 2.05) is 12.1 Å². The Morgan fingerprint density at radius 1 is 0.864 bits per heavy atom. The number of hydrogen-bond donors (Lipinski definition) is 2. The minimum Gasteiger partial charge on any atom is -0.360 e. The van der Waals surface area contributed by atoms with Crippen LogP contribution in [-0.2, 0) is 0 Å². The Labute approximate surface area is 137 Å². The molecule has 0 unspecified atom stereocenters. The standard InChI is InChI=1S/C19H22N2S/c22-19(20-17-13-7-8-14-17)21-18(15-9-3-1-4-10-15)16-11-5-2-6-12-16/h1-6,9-12,17-18H,7-8,13-14H2,(H2,20,21,22). The molecular formula is C19H22N2S. The van der Waals surface area contributed by atoms with E-state index in [1.54, 1.807) is 0 Å². The van der Waals surface area contributed by atoms with Crippen molar-refractivity contribution >= 4 is 17.3 Å². The second-order valence-electron chi connectivity index (χ2n) is 5.85. The summed E-state index contributed by atoms with van der Waals surface area (Å²) in [5, 5.41) is 7.72. The highest BCUT2D eigenvalue weighted by Crippen LogP contribution is 2.22. The molecule has 22 heavy (non-hydrogen) atoms. The van der Waals surface area contributed by atoms with Crippen LogP contribution in [0.15, 0.2) is 60.7 Å². The molecule has 2 nitrogen and oxygen atoms in total. The molecule has 114 valence electrons. The number of hydrogen-bond acceptors (Lipinski definition) is 1. The van der Waals surface area contributed by atoms with Gasteiger partial charge in [0.2, 0.25) is 0 Å². The van der Waals surface area contributed by atoms with Gasteiger partial charge >= 0.3 is 0 Å². The van der Waals surface area contributed by atoms with Gasteiger partial charge in [-0.05, 0) is 36.2 Å². The molecule has 0 aromatic heterocycles. The Morgan fingerprint density at radius 3 is 1.86 bits per heavy atom. The predicted molar refractivity (Wildman–Crippen MR) is 95.9 cm³/mol. The molecule has 0 radical (unpaired) electrons. The van der Waals surface area contributed by atoms with Gasteiger partial charge in [-0.2, -0.15) is 0 Å². The average molecular weight is 310 g/mol. The van der Waals surface area contributed by atoms with Crippen molar-refractivity contribution in [2.75, 3.05) is 0 Å². The van der Waals surface area contributed by atoms with Crippen LogP contribution >= 0.6 is 12.2 Å². The molecule has 0 spiro atoms. The van der Waals surface area contributed by atoms with E-state index >= 15 is 0 Å². The van der Waals surface area contributed by atoms with E-state index < -0.39 is 0 Å². The third-order valence-electron chi connectivity index (χ3n) is 4.23. The fourth-order valence-electron chi connectivity index (χ4n) is 3.08. The third kappa shape index (κ3) is 3.86. The van der Waals surface area contributed by atoms with Crippen molar-refractivity contribution in [2.45, 2.75) is 37.8 Å². The first-order valence-electron chi connectivity index (χ1n) is 8.00.